The van der Waals surface area contributed by atoms with Gasteiger partial charge in [0.15, 0.2) is 0 Å². The van der Waals surface area contributed by atoms with E-state index in [2.05, 4.69) is 0 Å². The normalized spacial score (nSPS) is 16.4. The molecule has 2 rings (SSSR count). The van der Waals surface area contributed by atoms with Gasteiger partial charge in [0.05, 0.1) is 0 Å². The molecule has 1 aromatic rings. The molecule has 0 saturated carbocycles. The third-order valence-electron chi connectivity index (χ3n) is 2.60. The fraction of sp³-hybridized carbons (Fsp3) is 0.364. The predicted octanol–water partition coefficient (Wildman–Crippen LogP) is 2.26. The number of nitrogens with zero attached hydrogens (tertiary/aromatic N) is 1. The number of benzene rings is 1. The van der Waals surface area contributed by atoms with Gasteiger partial charge in [-0.1, -0.05) is 6.07 Å². The van der Waals surface area contributed by atoms with Gasteiger partial charge in [-0.15, -0.1) is 0 Å². The SMILES string of the molecule is Cc1c(F)cccc1N1CCCC1=O. The average Bonchev–Trinajstić information content (AvgIpc) is 2.57. The highest BCUT2D eigenvalue weighted by molar-refractivity contribution is 5.96. The minimum absolute atomic E-state index is 0.0960. The van der Waals surface area contributed by atoms with Gasteiger partial charge in [0, 0.05) is 24.2 Å². The zero-order chi connectivity index (χ0) is 10.1. The van der Waals surface area contributed by atoms with Crippen molar-refractivity contribution in [1.29, 1.82) is 0 Å². The Morgan fingerprint density at radius 3 is 2.86 bits per heavy atom. The maximum atomic E-state index is 13.2. The van der Waals surface area contributed by atoms with Gasteiger partial charge in [-0.25, -0.2) is 4.39 Å². The Hall–Kier alpha value is -1.38. The van der Waals surface area contributed by atoms with Gasteiger partial charge in [-0.2, -0.15) is 0 Å². The van der Waals surface area contributed by atoms with Crippen LogP contribution in [-0.4, -0.2) is 12.5 Å². The largest absolute Gasteiger partial charge is 0.312 e. The minimum atomic E-state index is -0.248. The summed E-state index contributed by atoms with van der Waals surface area (Å²) in [6.45, 7) is 2.42. The molecule has 1 amide bonds. The summed E-state index contributed by atoms with van der Waals surface area (Å²) in [5, 5.41) is 0. The first-order valence-electron chi connectivity index (χ1n) is 4.75. The van der Waals surface area contributed by atoms with Gasteiger partial charge in [-0.3, -0.25) is 4.79 Å². The highest BCUT2D eigenvalue weighted by atomic mass is 19.1. The lowest BCUT2D eigenvalue weighted by molar-refractivity contribution is -0.117. The van der Waals surface area contributed by atoms with Crippen LogP contribution < -0.4 is 4.90 Å². The lowest BCUT2D eigenvalue weighted by Gasteiger charge is -2.18. The second-order valence-corrected chi connectivity index (χ2v) is 3.53. The predicted molar refractivity (Wildman–Crippen MR) is 52.7 cm³/mol. The molecule has 1 saturated heterocycles. The van der Waals surface area contributed by atoms with Crippen molar-refractivity contribution in [1.82, 2.24) is 0 Å². The molecule has 1 aromatic carbocycles. The van der Waals surface area contributed by atoms with Crippen molar-refractivity contribution < 1.29 is 9.18 Å². The van der Waals surface area contributed by atoms with Crippen LogP contribution in [0.15, 0.2) is 18.2 Å². The second kappa shape index (κ2) is 3.40. The van der Waals surface area contributed by atoms with E-state index in [-0.39, 0.29) is 11.7 Å². The molecule has 1 fully saturated rings. The summed E-state index contributed by atoms with van der Waals surface area (Å²) >= 11 is 0. The van der Waals surface area contributed by atoms with E-state index in [9.17, 15) is 9.18 Å². The number of rotatable bonds is 1. The highest BCUT2D eigenvalue weighted by Crippen LogP contribution is 2.26. The molecule has 0 N–H and O–H groups in total. The van der Waals surface area contributed by atoms with Crippen LogP contribution in [0.2, 0.25) is 0 Å². The van der Waals surface area contributed by atoms with E-state index in [1.165, 1.54) is 6.07 Å². The number of carbonyl (C=O) groups excluding carboxylic acids is 1. The average molecular weight is 193 g/mol. The van der Waals surface area contributed by atoms with Crippen molar-refractivity contribution >= 4 is 11.6 Å². The molecule has 14 heavy (non-hydrogen) atoms. The van der Waals surface area contributed by atoms with Crippen LogP contribution in [0.25, 0.3) is 0 Å². The first-order chi connectivity index (χ1) is 6.70. The van der Waals surface area contributed by atoms with E-state index >= 15 is 0 Å². The third-order valence-corrected chi connectivity index (χ3v) is 2.60. The Morgan fingerprint density at radius 1 is 1.43 bits per heavy atom. The Bertz CT molecular complexity index is 376. The van der Waals surface area contributed by atoms with Crippen molar-refractivity contribution in [3.8, 4) is 0 Å². The Morgan fingerprint density at radius 2 is 2.21 bits per heavy atom. The van der Waals surface area contributed by atoms with E-state index in [4.69, 9.17) is 0 Å². The Labute approximate surface area is 82.3 Å². The molecule has 0 aliphatic carbocycles. The number of amides is 1. The van der Waals surface area contributed by atoms with Crippen molar-refractivity contribution in [2.75, 3.05) is 11.4 Å². The van der Waals surface area contributed by atoms with Crippen LogP contribution in [0.3, 0.4) is 0 Å². The molecule has 74 valence electrons. The van der Waals surface area contributed by atoms with E-state index in [1.807, 2.05) is 0 Å². The molecule has 0 aromatic heterocycles. The highest BCUT2D eigenvalue weighted by Gasteiger charge is 2.23. The molecule has 3 heteroatoms. The Balaban J connectivity index is 2.41. The van der Waals surface area contributed by atoms with Gasteiger partial charge in [0.25, 0.3) is 0 Å². The Kier molecular flexibility index (Phi) is 2.23. The number of carbonyl (C=O) groups is 1. The van der Waals surface area contributed by atoms with Crippen molar-refractivity contribution in [2.45, 2.75) is 19.8 Å². The van der Waals surface area contributed by atoms with Crippen molar-refractivity contribution in [3.05, 3.63) is 29.6 Å². The lowest BCUT2D eigenvalue weighted by Crippen LogP contribution is -2.24. The smallest absolute Gasteiger partial charge is 0.227 e. The summed E-state index contributed by atoms with van der Waals surface area (Å²) in [5.74, 6) is -0.152. The van der Waals surface area contributed by atoms with E-state index in [0.29, 0.717) is 24.2 Å². The van der Waals surface area contributed by atoms with Crippen LogP contribution in [0.4, 0.5) is 10.1 Å². The quantitative estimate of drug-likeness (QED) is 0.670. The van der Waals surface area contributed by atoms with Crippen molar-refractivity contribution in [3.63, 3.8) is 0 Å². The summed E-state index contributed by atoms with van der Waals surface area (Å²) in [6, 6.07) is 4.85. The molecule has 0 unspecified atom stereocenters. The summed E-state index contributed by atoms with van der Waals surface area (Å²) in [4.78, 5) is 13.1. The molecular weight excluding hydrogens is 181 g/mol. The summed E-state index contributed by atoms with van der Waals surface area (Å²) in [7, 11) is 0. The number of hydrogen-bond donors (Lipinski definition) is 0. The first kappa shape index (κ1) is 9.19. The molecule has 1 aliphatic rings. The van der Waals surface area contributed by atoms with Crippen LogP contribution in [-0.2, 0) is 4.79 Å². The van der Waals surface area contributed by atoms with Crippen LogP contribution in [0.1, 0.15) is 18.4 Å². The fourth-order valence-corrected chi connectivity index (χ4v) is 1.79. The number of anilines is 1. The zero-order valence-electron chi connectivity index (χ0n) is 8.09. The van der Waals surface area contributed by atoms with Gasteiger partial charge < -0.3 is 4.90 Å². The molecule has 2 nitrogen and oxygen atoms in total. The molecule has 0 bridgehead atoms. The van der Waals surface area contributed by atoms with E-state index in [0.717, 1.165) is 6.42 Å². The fourth-order valence-electron chi connectivity index (χ4n) is 1.79. The molecule has 1 aliphatic heterocycles. The summed E-state index contributed by atoms with van der Waals surface area (Å²) in [5.41, 5.74) is 1.27. The number of hydrogen-bond acceptors (Lipinski definition) is 1. The van der Waals surface area contributed by atoms with Crippen LogP contribution in [0, 0.1) is 12.7 Å². The van der Waals surface area contributed by atoms with Gasteiger partial charge in [-0.05, 0) is 25.5 Å². The van der Waals surface area contributed by atoms with E-state index in [1.54, 1.807) is 24.0 Å². The van der Waals surface area contributed by atoms with Gasteiger partial charge >= 0.3 is 0 Å². The standard InChI is InChI=1S/C11H12FNO/c1-8-9(12)4-2-5-10(8)13-7-3-6-11(13)14/h2,4-5H,3,6-7H2,1H3. The third kappa shape index (κ3) is 1.39. The van der Waals surface area contributed by atoms with E-state index < -0.39 is 0 Å². The minimum Gasteiger partial charge on any atom is -0.312 e. The maximum Gasteiger partial charge on any atom is 0.227 e. The van der Waals surface area contributed by atoms with Gasteiger partial charge in [0.2, 0.25) is 5.91 Å². The van der Waals surface area contributed by atoms with Crippen LogP contribution >= 0.6 is 0 Å². The van der Waals surface area contributed by atoms with Crippen LogP contribution in [0.5, 0.6) is 0 Å². The first-order valence-corrected chi connectivity index (χ1v) is 4.75. The summed E-state index contributed by atoms with van der Waals surface area (Å²) < 4.78 is 13.2. The molecule has 0 spiro atoms. The number of halogens is 1. The zero-order valence-corrected chi connectivity index (χ0v) is 8.09. The molecular formula is C11H12FNO. The lowest BCUT2D eigenvalue weighted by atomic mass is 10.2. The maximum absolute atomic E-state index is 13.2. The summed E-state index contributed by atoms with van der Waals surface area (Å²) in [6.07, 6.45) is 1.45. The monoisotopic (exact) mass is 193 g/mol. The molecule has 1 heterocycles. The molecule has 0 atom stereocenters. The molecule has 0 radical (unpaired) electrons. The topological polar surface area (TPSA) is 20.3 Å². The van der Waals surface area contributed by atoms with Gasteiger partial charge in [0.1, 0.15) is 5.82 Å². The second-order valence-electron chi connectivity index (χ2n) is 3.53. The van der Waals surface area contributed by atoms with Crippen molar-refractivity contribution in [2.24, 2.45) is 0 Å².